The number of benzene rings is 1. The zero-order chi connectivity index (χ0) is 21.9. The summed E-state index contributed by atoms with van der Waals surface area (Å²) in [5.74, 6) is -0.526. The van der Waals surface area contributed by atoms with E-state index in [-0.39, 0.29) is 42.0 Å². The van der Waals surface area contributed by atoms with Crippen molar-refractivity contribution in [2.45, 2.75) is 33.2 Å². The van der Waals surface area contributed by atoms with Gasteiger partial charge in [0.05, 0.1) is 15.5 Å². The molecule has 1 aromatic heterocycles. The predicted octanol–water partition coefficient (Wildman–Crippen LogP) is 3.04. The summed E-state index contributed by atoms with van der Waals surface area (Å²) in [6.45, 7) is 7.23. The molecule has 1 aromatic carbocycles. The van der Waals surface area contributed by atoms with Crippen LogP contribution in [0.3, 0.4) is 0 Å². The Morgan fingerprint density at radius 1 is 1.33 bits per heavy atom. The number of hydrogen-bond acceptors (Lipinski definition) is 3. The van der Waals surface area contributed by atoms with Gasteiger partial charge >= 0.3 is 0 Å². The van der Waals surface area contributed by atoms with Crippen molar-refractivity contribution in [1.82, 2.24) is 14.4 Å². The number of amides is 1. The summed E-state index contributed by atoms with van der Waals surface area (Å²) < 4.78 is 26.5. The van der Waals surface area contributed by atoms with E-state index in [1.165, 1.54) is 11.5 Å². The molecule has 2 atom stereocenters. The highest BCUT2D eigenvalue weighted by Crippen LogP contribution is 2.41. The Hall–Kier alpha value is -2.40. The number of hydrogen-bond donors (Lipinski definition) is 0. The lowest BCUT2D eigenvalue weighted by molar-refractivity contribution is -0.134. The van der Waals surface area contributed by atoms with Gasteiger partial charge in [-0.15, -0.1) is 0 Å². The molecule has 0 fully saturated rings. The highest BCUT2D eigenvalue weighted by molar-refractivity contribution is 6.03. The molecule has 2 aliphatic rings. The molecule has 5 nitrogen and oxygen atoms in total. The molecule has 1 amide bonds. The van der Waals surface area contributed by atoms with Gasteiger partial charge in [-0.1, -0.05) is 18.2 Å². The fraction of sp³-hybridized carbons (Fsp3) is 0.455. The van der Waals surface area contributed by atoms with Crippen LogP contribution in [0.2, 0.25) is 0 Å². The average molecular weight is 368 g/mol. The van der Waals surface area contributed by atoms with Crippen LogP contribution < -0.4 is 0 Å². The van der Waals surface area contributed by atoms with Crippen molar-refractivity contribution in [2.24, 2.45) is 5.92 Å². The highest BCUT2D eigenvalue weighted by atomic mass is 16.2. The van der Waals surface area contributed by atoms with E-state index >= 15 is 0 Å². The van der Waals surface area contributed by atoms with Gasteiger partial charge in [-0.05, 0) is 50.1 Å². The van der Waals surface area contributed by atoms with Crippen LogP contribution in [0.1, 0.15) is 40.8 Å². The predicted molar refractivity (Wildman–Crippen MR) is 108 cm³/mol. The Balaban J connectivity index is 1.97. The van der Waals surface area contributed by atoms with Crippen molar-refractivity contribution in [2.75, 3.05) is 26.7 Å². The molecule has 27 heavy (non-hydrogen) atoms. The van der Waals surface area contributed by atoms with E-state index in [0.717, 1.165) is 16.7 Å². The molecule has 2 heterocycles. The average Bonchev–Trinajstić information content (AvgIpc) is 3.00. The third-order valence-corrected chi connectivity index (χ3v) is 5.86. The smallest absolute Gasteiger partial charge is 0.230 e. The van der Waals surface area contributed by atoms with Crippen LogP contribution in [-0.2, 0) is 11.2 Å². The SMILES string of the molecule is [2H]c1cc2c3c(c([2H])n(C(C)=O)c3c1[2H])C[C@@H]1C2=C[C@@H](C(=O)N(CC)CC)CN1C. The number of likely N-dealkylation sites (N-methyl/N-ethyl adjacent to an activating group) is 1. The zero-order valence-corrected chi connectivity index (χ0v) is 16.3. The van der Waals surface area contributed by atoms with Crippen LogP contribution in [0, 0.1) is 5.92 Å². The monoisotopic (exact) mass is 368 g/mol. The number of aromatic nitrogens is 1. The van der Waals surface area contributed by atoms with E-state index in [1.54, 1.807) is 6.07 Å². The van der Waals surface area contributed by atoms with Crippen molar-refractivity contribution in [3.05, 3.63) is 41.5 Å². The molecule has 1 aliphatic heterocycles. The largest absolute Gasteiger partial charge is 0.343 e. The summed E-state index contributed by atoms with van der Waals surface area (Å²) in [6, 6.07) is 1.62. The Morgan fingerprint density at radius 2 is 2.07 bits per heavy atom. The van der Waals surface area contributed by atoms with Gasteiger partial charge in [0.2, 0.25) is 11.8 Å². The molecule has 5 heteroatoms. The molecule has 0 saturated heterocycles. The Labute approximate surface area is 164 Å². The summed E-state index contributed by atoms with van der Waals surface area (Å²) in [6.07, 6.45) is 2.67. The molecular weight excluding hydrogens is 338 g/mol. The Kier molecular flexibility index (Phi) is 3.60. The normalized spacial score (nSPS) is 23.3. The molecular formula is C22H27N3O2. The first-order valence-corrected chi connectivity index (χ1v) is 9.57. The van der Waals surface area contributed by atoms with Gasteiger partial charge in [-0.3, -0.25) is 19.1 Å². The molecule has 0 saturated carbocycles. The fourth-order valence-corrected chi connectivity index (χ4v) is 4.47. The van der Waals surface area contributed by atoms with Crippen LogP contribution in [0.4, 0.5) is 0 Å². The second kappa shape index (κ2) is 6.64. The summed E-state index contributed by atoms with van der Waals surface area (Å²) in [4.78, 5) is 29.3. The fourth-order valence-electron chi connectivity index (χ4n) is 4.47. The molecule has 4 rings (SSSR count). The van der Waals surface area contributed by atoms with Crippen molar-refractivity contribution in [1.29, 1.82) is 0 Å². The van der Waals surface area contributed by atoms with Crippen molar-refractivity contribution in [3.8, 4) is 0 Å². The van der Waals surface area contributed by atoms with E-state index in [0.29, 0.717) is 37.0 Å². The van der Waals surface area contributed by atoms with E-state index in [1.807, 2.05) is 31.9 Å². The molecule has 0 radical (unpaired) electrons. The number of fused-ring (bicyclic) bond motifs is 2. The Bertz CT molecular complexity index is 1100. The number of carbonyl (C=O) groups excluding carboxylic acids is 2. The highest BCUT2D eigenvalue weighted by Gasteiger charge is 2.37. The number of rotatable bonds is 3. The number of carbonyl (C=O) groups is 2. The molecule has 0 spiro atoms. The maximum absolute atomic E-state index is 13.0. The summed E-state index contributed by atoms with van der Waals surface area (Å²) >= 11 is 0. The first kappa shape index (κ1) is 14.6. The third-order valence-electron chi connectivity index (χ3n) is 5.86. The molecule has 0 N–H and O–H groups in total. The molecule has 0 bridgehead atoms. The summed E-state index contributed by atoms with van der Waals surface area (Å²) in [5, 5.41) is 0.711. The van der Waals surface area contributed by atoms with Gasteiger partial charge in [-0.25, -0.2) is 0 Å². The van der Waals surface area contributed by atoms with Crippen molar-refractivity contribution < 1.29 is 13.7 Å². The first-order chi connectivity index (χ1) is 14.2. The lowest BCUT2D eigenvalue weighted by atomic mass is 9.79. The van der Waals surface area contributed by atoms with Crippen LogP contribution in [0.15, 0.2) is 30.4 Å². The standard InChI is InChI=1S/C22H27N3O2/c1-5-24(6-2)22(27)16-10-18-17-8-7-9-19-21(17)15(13-25(19)14(3)26)11-20(18)23(4)12-16/h7-10,13,16,20H,5-6,11-12H2,1-4H3/t16-,20-/m1/s1/i7D,9D,13D. The van der Waals surface area contributed by atoms with Gasteiger partial charge in [0, 0.05) is 44.2 Å². The van der Waals surface area contributed by atoms with Gasteiger partial charge in [-0.2, -0.15) is 0 Å². The van der Waals surface area contributed by atoms with Crippen LogP contribution >= 0.6 is 0 Å². The van der Waals surface area contributed by atoms with Gasteiger partial charge in [0.25, 0.3) is 0 Å². The van der Waals surface area contributed by atoms with E-state index in [4.69, 9.17) is 4.11 Å². The van der Waals surface area contributed by atoms with Crippen LogP contribution in [0.25, 0.3) is 16.5 Å². The van der Waals surface area contributed by atoms with Crippen molar-refractivity contribution in [3.63, 3.8) is 0 Å². The van der Waals surface area contributed by atoms with E-state index in [2.05, 4.69) is 4.90 Å². The van der Waals surface area contributed by atoms with Crippen LogP contribution in [0.5, 0.6) is 0 Å². The minimum atomic E-state index is -0.330. The Morgan fingerprint density at radius 3 is 2.74 bits per heavy atom. The maximum Gasteiger partial charge on any atom is 0.230 e. The lowest BCUT2D eigenvalue weighted by Crippen LogP contribution is -2.47. The molecule has 1 aliphatic carbocycles. The van der Waals surface area contributed by atoms with E-state index < -0.39 is 0 Å². The van der Waals surface area contributed by atoms with Crippen molar-refractivity contribution >= 4 is 28.3 Å². The zero-order valence-electron chi connectivity index (χ0n) is 19.3. The minimum Gasteiger partial charge on any atom is -0.343 e. The van der Waals surface area contributed by atoms with Gasteiger partial charge < -0.3 is 4.90 Å². The quantitative estimate of drug-likeness (QED) is 0.837. The summed E-state index contributed by atoms with van der Waals surface area (Å²) in [5.41, 5.74) is 2.81. The molecule has 0 unspecified atom stereocenters. The van der Waals surface area contributed by atoms with E-state index in [9.17, 15) is 9.59 Å². The third kappa shape index (κ3) is 2.72. The van der Waals surface area contributed by atoms with Crippen LogP contribution in [-0.4, -0.2) is 58.9 Å². The minimum absolute atomic E-state index is 0.0189. The number of nitrogens with zero attached hydrogens (tertiary/aromatic N) is 3. The second-order valence-corrected chi connectivity index (χ2v) is 7.39. The maximum atomic E-state index is 13.0. The summed E-state index contributed by atoms with van der Waals surface area (Å²) in [7, 11) is 1.98. The topological polar surface area (TPSA) is 45.6 Å². The first-order valence-electron chi connectivity index (χ1n) is 11.1. The second-order valence-electron chi connectivity index (χ2n) is 7.39. The van der Waals surface area contributed by atoms with Gasteiger partial charge in [0.1, 0.15) is 0 Å². The molecule has 142 valence electrons. The van der Waals surface area contributed by atoms with Gasteiger partial charge in [0.15, 0.2) is 0 Å². The molecule has 2 aromatic rings. The lowest BCUT2D eigenvalue weighted by Gasteiger charge is -2.40.